The number of aromatic nitrogens is 3. The summed E-state index contributed by atoms with van der Waals surface area (Å²) >= 11 is 4.91. The molecule has 0 atom stereocenters. The molecule has 0 amide bonds. The van der Waals surface area contributed by atoms with Gasteiger partial charge in [0.25, 0.3) is 0 Å². The number of nitrogens with zero attached hydrogens (tertiary/aromatic N) is 3. The van der Waals surface area contributed by atoms with E-state index in [4.69, 9.17) is 4.74 Å². The first-order valence-corrected chi connectivity index (χ1v) is 6.64. The zero-order valence-corrected chi connectivity index (χ0v) is 12.0. The Balaban J connectivity index is 1.90. The maximum absolute atomic E-state index is 5.11. The quantitative estimate of drug-likeness (QED) is 0.916. The third kappa shape index (κ3) is 2.85. The van der Waals surface area contributed by atoms with Gasteiger partial charge in [-0.25, -0.2) is 0 Å². The van der Waals surface area contributed by atoms with E-state index in [2.05, 4.69) is 30.7 Å². The number of hydrogen-bond donors (Lipinski definition) is 1. The lowest BCUT2D eigenvalue weighted by molar-refractivity contribution is 0.399. The van der Waals surface area contributed by atoms with Crippen LogP contribution in [-0.4, -0.2) is 21.3 Å². The first kappa shape index (κ1) is 12.5. The predicted molar refractivity (Wildman–Crippen MR) is 70.1 cm³/mol. The number of rotatable bonds is 5. The van der Waals surface area contributed by atoms with Gasteiger partial charge < -0.3 is 10.1 Å². The highest BCUT2D eigenvalue weighted by atomic mass is 79.9. The third-order valence-electron chi connectivity index (χ3n) is 2.38. The molecule has 0 aliphatic heterocycles. The van der Waals surface area contributed by atoms with Crippen LogP contribution in [0, 0.1) is 0 Å². The minimum atomic E-state index is 0.646. The maximum atomic E-state index is 5.11. The molecule has 0 spiro atoms. The smallest absolute Gasteiger partial charge is 0.239 e. The first-order valence-electron chi connectivity index (χ1n) is 5.08. The van der Waals surface area contributed by atoms with Gasteiger partial charge in [-0.15, -0.1) is 0 Å². The minimum absolute atomic E-state index is 0.646. The minimum Gasteiger partial charge on any atom is -0.480 e. The van der Waals surface area contributed by atoms with Gasteiger partial charge in [-0.3, -0.25) is 4.68 Å². The van der Waals surface area contributed by atoms with E-state index in [1.807, 2.05) is 17.8 Å². The molecular weight excluding hydrogens is 304 g/mol. The zero-order chi connectivity index (χ0) is 12.3. The van der Waals surface area contributed by atoms with Crippen molar-refractivity contribution in [3.8, 4) is 5.88 Å². The van der Waals surface area contributed by atoms with Crippen molar-refractivity contribution < 1.29 is 4.74 Å². The van der Waals surface area contributed by atoms with Crippen molar-refractivity contribution in [3.63, 3.8) is 0 Å². The molecule has 92 valence electrons. The average molecular weight is 317 g/mol. The van der Waals surface area contributed by atoms with Crippen molar-refractivity contribution in [3.05, 3.63) is 27.3 Å². The lowest BCUT2D eigenvalue weighted by Crippen LogP contribution is -2.14. The molecular formula is C10H13BrN4OS. The molecule has 0 aromatic carbocycles. The molecule has 0 fully saturated rings. The number of aryl methyl sites for hydroxylation is 1. The van der Waals surface area contributed by atoms with E-state index >= 15 is 0 Å². The number of halogens is 1. The Labute approximate surface area is 112 Å². The van der Waals surface area contributed by atoms with Crippen molar-refractivity contribution in [1.82, 2.24) is 19.5 Å². The Morgan fingerprint density at radius 2 is 2.35 bits per heavy atom. The number of hydrogen-bond acceptors (Lipinski definition) is 5. The molecule has 0 saturated heterocycles. The lowest BCUT2D eigenvalue weighted by Gasteiger charge is -2.03. The van der Waals surface area contributed by atoms with E-state index in [-0.39, 0.29) is 0 Å². The van der Waals surface area contributed by atoms with Crippen LogP contribution in [0.25, 0.3) is 0 Å². The SMILES string of the molecule is COc1nsc(CNCc2ccnn2C)c1Br. The van der Waals surface area contributed by atoms with Crippen LogP contribution >= 0.6 is 27.5 Å². The summed E-state index contributed by atoms with van der Waals surface area (Å²) in [6.45, 7) is 1.54. The molecule has 5 nitrogen and oxygen atoms in total. The van der Waals surface area contributed by atoms with E-state index in [1.165, 1.54) is 11.5 Å². The second-order valence-electron chi connectivity index (χ2n) is 3.48. The molecule has 0 radical (unpaired) electrons. The molecule has 7 heteroatoms. The Bertz CT molecular complexity index is 496. The van der Waals surface area contributed by atoms with Gasteiger partial charge in [0.2, 0.25) is 5.88 Å². The van der Waals surface area contributed by atoms with Gasteiger partial charge in [0.15, 0.2) is 0 Å². The molecule has 17 heavy (non-hydrogen) atoms. The van der Waals surface area contributed by atoms with Crippen LogP contribution in [0.2, 0.25) is 0 Å². The first-order chi connectivity index (χ1) is 8.22. The number of nitrogens with one attached hydrogen (secondary N) is 1. The van der Waals surface area contributed by atoms with E-state index in [0.29, 0.717) is 5.88 Å². The van der Waals surface area contributed by atoms with Crippen LogP contribution in [0.15, 0.2) is 16.7 Å². The normalized spacial score (nSPS) is 10.8. The highest BCUT2D eigenvalue weighted by Crippen LogP contribution is 2.30. The molecule has 2 heterocycles. The number of methoxy groups -OCH3 is 1. The molecule has 2 rings (SSSR count). The third-order valence-corrected chi connectivity index (χ3v) is 4.29. The summed E-state index contributed by atoms with van der Waals surface area (Å²) in [6.07, 6.45) is 1.79. The summed E-state index contributed by atoms with van der Waals surface area (Å²) in [4.78, 5) is 1.13. The molecule has 1 N–H and O–H groups in total. The zero-order valence-electron chi connectivity index (χ0n) is 9.61. The molecule has 0 aliphatic rings. The Hall–Kier alpha value is -0.920. The van der Waals surface area contributed by atoms with Crippen LogP contribution in [-0.2, 0) is 20.1 Å². The van der Waals surface area contributed by atoms with Gasteiger partial charge in [-0.2, -0.15) is 9.47 Å². The fraction of sp³-hybridized carbons (Fsp3) is 0.400. The summed E-state index contributed by atoms with van der Waals surface area (Å²) in [6, 6.07) is 2.00. The number of ether oxygens (including phenoxy) is 1. The van der Waals surface area contributed by atoms with Gasteiger partial charge in [0.05, 0.1) is 22.2 Å². The van der Waals surface area contributed by atoms with Gasteiger partial charge in [-0.1, -0.05) is 0 Å². The van der Waals surface area contributed by atoms with Crippen molar-refractivity contribution in [1.29, 1.82) is 0 Å². The highest BCUT2D eigenvalue weighted by Gasteiger charge is 2.10. The van der Waals surface area contributed by atoms with Crippen LogP contribution in [0.1, 0.15) is 10.6 Å². The van der Waals surface area contributed by atoms with Crippen LogP contribution in [0.3, 0.4) is 0 Å². The summed E-state index contributed by atoms with van der Waals surface area (Å²) in [5.74, 6) is 0.646. The Morgan fingerprint density at radius 3 is 2.94 bits per heavy atom. The average Bonchev–Trinajstić information content (AvgIpc) is 2.87. The highest BCUT2D eigenvalue weighted by molar-refractivity contribution is 9.10. The molecule has 0 aliphatic carbocycles. The molecule has 0 unspecified atom stereocenters. The van der Waals surface area contributed by atoms with Crippen molar-refractivity contribution in [2.75, 3.05) is 7.11 Å². The Kier molecular flexibility index (Phi) is 4.14. The van der Waals surface area contributed by atoms with Crippen LogP contribution < -0.4 is 10.1 Å². The second-order valence-corrected chi connectivity index (χ2v) is 5.13. The van der Waals surface area contributed by atoms with Crippen LogP contribution in [0.4, 0.5) is 0 Å². The van der Waals surface area contributed by atoms with Gasteiger partial charge >= 0.3 is 0 Å². The van der Waals surface area contributed by atoms with Crippen molar-refractivity contribution >= 4 is 27.5 Å². The van der Waals surface area contributed by atoms with Gasteiger partial charge in [0, 0.05) is 26.3 Å². The summed E-state index contributed by atoms with van der Waals surface area (Å²) < 4.78 is 12.1. The molecule has 0 bridgehead atoms. The second kappa shape index (κ2) is 5.61. The lowest BCUT2D eigenvalue weighted by atomic mass is 10.4. The van der Waals surface area contributed by atoms with Crippen molar-refractivity contribution in [2.45, 2.75) is 13.1 Å². The standard InChI is InChI=1S/C10H13BrN4OS/c1-15-7(3-4-13-15)5-12-6-8-9(11)10(16-2)14-17-8/h3-4,12H,5-6H2,1-2H3. The fourth-order valence-electron chi connectivity index (χ4n) is 1.41. The largest absolute Gasteiger partial charge is 0.480 e. The topological polar surface area (TPSA) is 52.0 Å². The summed E-state index contributed by atoms with van der Waals surface area (Å²) in [5, 5.41) is 7.46. The van der Waals surface area contributed by atoms with E-state index < -0.39 is 0 Å². The Morgan fingerprint density at radius 1 is 1.53 bits per heavy atom. The molecule has 0 saturated carbocycles. The summed E-state index contributed by atoms with van der Waals surface area (Å²) in [7, 11) is 3.55. The molecule has 2 aromatic rings. The van der Waals surface area contributed by atoms with E-state index in [9.17, 15) is 0 Å². The van der Waals surface area contributed by atoms with Crippen LogP contribution in [0.5, 0.6) is 5.88 Å². The fourth-order valence-corrected chi connectivity index (χ4v) is 2.83. The summed E-state index contributed by atoms with van der Waals surface area (Å²) in [5.41, 5.74) is 1.15. The maximum Gasteiger partial charge on any atom is 0.239 e. The predicted octanol–water partition coefficient (Wildman–Crippen LogP) is 1.94. The van der Waals surface area contributed by atoms with Gasteiger partial charge in [0.1, 0.15) is 0 Å². The van der Waals surface area contributed by atoms with E-state index in [0.717, 1.165) is 28.1 Å². The van der Waals surface area contributed by atoms with Crippen molar-refractivity contribution in [2.24, 2.45) is 7.05 Å². The van der Waals surface area contributed by atoms with E-state index in [1.54, 1.807) is 13.3 Å². The monoisotopic (exact) mass is 316 g/mol. The van der Waals surface area contributed by atoms with Gasteiger partial charge in [-0.05, 0) is 33.5 Å². The molecule has 2 aromatic heterocycles.